The van der Waals surface area contributed by atoms with Gasteiger partial charge in [-0.3, -0.25) is 0 Å². The van der Waals surface area contributed by atoms with Gasteiger partial charge in [-0.1, -0.05) is 0 Å². The molecular formula is C12H17FN2O. The molecule has 1 aliphatic carbocycles. The van der Waals surface area contributed by atoms with Crippen LogP contribution in [0.2, 0.25) is 0 Å². The van der Waals surface area contributed by atoms with Crippen molar-refractivity contribution in [1.29, 1.82) is 0 Å². The third kappa shape index (κ3) is 3.10. The van der Waals surface area contributed by atoms with Crippen LogP contribution in [0.5, 0.6) is 5.75 Å². The molecule has 16 heavy (non-hydrogen) atoms. The van der Waals surface area contributed by atoms with Gasteiger partial charge in [-0.2, -0.15) is 0 Å². The van der Waals surface area contributed by atoms with Gasteiger partial charge in [0.05, 0.1) is 7.11 Å². The quantitative estimate of drug-likeness (QED) is 0.725. The fourth-order valence-corrected chi connectivity index (χ4v) is 1.55. The summed E-state index contributed by atoms with van der Waals surface area (Å²) in [5.74, 6) is -0.0516. The average Bonchev–Trinajstić information content (AvgIpc) is 3.08. The van der Waals surface area contributed by atoms with Crippen molar-refractivity contribution < 1.29 is 9.13 Å². The highest BCUT2D eigenvalue weighted by atomic mass is 19.1. The summed E-state index contributed by atoms with van der Waals surface area (Å²) >= 11 is 0. The largest absolute Gasteiger partial charge is 0.494 e. The molecule has 1 saturated carbocycles. The third-order valence-corrected chi connectivity index (χ3v) is 2.62. The predicted molar refractivity (Wildman–Crippen MR) is 62.5 cm³/mol. The zero-order chi connectivity index (χ0) is 11.4. The number of rotatable bonds is 6. The van der Waals surface area contributed by atoms with Crippen molar-refractivity contribution in [3.63, 3.8) is 0 Å². The van der Waals surface area contributed by atoms with Crippen LogP contribution in [0.1, 0.15) is 12.8 Å². The van der Waals surface area contributed by atoms with E-state index in [4.69, 9.17) is 4.74 Å². The zero-order valence-corrected chi connectivity index (χ0v) is 9.42. The summed E-state index contributed by atoms with van der Waals surface area (Å²) in [5, 5.41) is 6.54. The molecule has 0 amide bonds. The number of hydrogen-bond acceptors (Lipinski definition) is 3. The van der Waals surface area contributed by atoms with E-state index < -0.39 is 0 Å². The van der Waals surface area contributed by atoms with Crippen LogP contribution < -0.4 is 15.4 Å². The summed E-state index contributed by atoms with van der Waals surface area (Å²) in [6.45, 7) is 1.72. The van der Waals surface area contributed by atoms with Gasteiger partial charge in [-0.15, -0.1) is 0 Å². The second-order valence-corrected chi connectivity index (χ2v) is 4.00. The SMILES string of the molecule is COc1ccc(NCCNC2CC2)cc1F. The lowest BCUT2D eigenvalue weighted by molar-refractivity contribution is 0.386. The molecule has 0 bridgehead atoms. The molecule has 1 fully saturated rings. The molecule has 88 valence electrons. The summed E-state index contributed by atoms with van der Waals surface area (Å²) in [4.78, 5) is 0. The molecule has 4 heteroatoms. The average molecular weight is 224 g/mol. The highest BCUT2D eigenvalue weighted by Crippen LogP contribution is 2.20. The fraction of sp³-hybridized carbons (Fsp3) is 0.500. The van der Waals surface area contributed by atoms with Gasteiger partial charge in [0.1, 0.15) is 0 Å². The van der Waals surface area contributed by atoms with E-state index in [0.29, 0.717) is 0 Å². The van der Waals surface area contributed by atoms with Crippen molar-refractivity contribution >= 4 is 5.69 Å². The van der Waals surface area contributed by atoms with E-state index in [1.54, 1.807) is 6.07 Å². The standard InChI is InChI=1S/C12H17FN2O/c1-16-12-5-4-10(8-11(12)13)15-7-6-14-9-2-3-9/h4-5,8-9,14-15H,2-3,6-7H2,1H3. The summed E-state index contributed by atoms with van der Waals surface area (Å²) < 4.78 is 18.2. The monoisotopic (exact) mass is 224 g/mol. The minimum Gasteiger partial charge on any atom is -0.494 e. The summed E-state index contributed by atoms with van der Waals surface area (Å²) in [6, 6.07) is 5.62. The Labute approximate surface area is 95.0 Å². The highest BCUT2D eigenvalue weighted by molar-refractivity contribution is 5.47. The van der Waals surface area contributed by atoms with Gasteiger partial charge >= 0.3 is 0 Å². The van der Waals surface area contributed by atoms with E-state index in [-0.39, 0.29) is 11.6 Å². The smallest absolute Gasteiger partial charge is 0.167 e. The first kappa shape index (κ1) is 11.2. The van der Waals surface area contributed by atoms with Gasteiger partial charge in [0, 0.05) is 30.9 Å². The highest BCUT2D eigenvalue weighted by Gasteiger charge is 2.19. The molecule has 1 aromatic carbocycles. The molecule has 0 unspecified atom stereocenters. The van der Waals surface area contributed by atoms with E-state index in [0.717, 1.165) is 24.8 Å². The molecule has 0 aromatic heterocycles. The van der Waals surface area contributed by atoms with Gasteiger partial charge in [0.2, 0.25) is 0 Å². The third-order valence-electron chi connectivity index (χ3n) is 2.62. The number of methoxy groups -OCH3 is 1. The van der Waals surface area contributed by atoms with Crippen LogP contribution in [0.3, 0.4) is 0 Å². The molecule has 0 aliphatic heterocycles. The van der Waals surface area contributed by atoms with Crippen LogP contribution in [-0.4, -0.2) is 26.2 Å². The lowest BCUT2D eigenvalue weighted by Crippen LogP contribution is -2.23. The second-order valence-electron chi connectivity index (χ2n) is 4.00. The maximum atomic E-state index is 13.3. The van der Waals surface area contributed by atoms with Gasteiger partial charge in [-0.25, -0.2) is 4.39 Å². The van der Waals surface area contributed by atoms with Crippen molar-refractivity contribution in [1.82, 2.24) is 5.32 Å². The Hall–Kier alpha value is -1.29. The molecule has 1 aromatic rings. The van der Waals surface area contributed by atoms with Crippen molar-refractivity contribution in [2.45, 2.75) is 18.9 Å². The Morgan fingerprint density at radius 1 is 1.38 bits per heavy atom. The van der Waals surface area contributed by atoms with Crippen LogP contribution in [0.25, 0.3) is 0 Å². The molecule has 0 radical (unpaired) electrons. The number of nitrogens with one attached hydrogen (secondary N) is 2. The van der Waals surface area contributed by atoms with E-state index in [1.165, 1.54) is 26.0 Å². The Bertz CT molecular complexity index is 353. The Morgan fingerprint density at radius 2 is 2.19 bits per heavy atom. The Morgan fingerprint density at radius 3 is 2.81 bits per heavy atom. The van der Waals surface area contributed by atoms with E-state index in [9.17, 15) is 4.39 Å². The van der Waals surface area contributed by atoms with Gasteiger partial charge in [0.25, 0.3) is 0 Å². The Balaban J connectivity index is 1.77. The maximum absolute atomic E-state index is 13.3. The van der Waals surface area contributed by atoms with E-state index >= 15 is 0 Å². The number of hydrogen-bond donors (Lipinski definition) is 2. The number of anilines is 1. The predicted octanol–water partition coefficient (Wildman–Crippen LogP) is 2.00. The molecule has 0 heterocycles. The molecule has 0 atom stereocenters. The van der Waals surface area contributed by atoms with Crippen molar-refractivity contribution in [2.24, 2.45) is 0 Å². The first-order valence-corrected chi connectivity index (χ1v) is 5.60. The molecule has 3 nitrogen and oxygen atoms in total. The number of halogens is 1. The second kappa shape index (κ2) is 5.16. The first-order valence-electron chi connectivity index (χ1n) is 5.60. The molecule has 0 spiro atoms. The van der Waals surface area contributed by atoms with Crippen molar-refractivity contribution in [3.05, 3.63) is 24.0 Å². The Kier molecular flexibility index (Phi) is 3.62. The van der Waals surface area contributed by atoms with E-state index in [2.05, 4.69) is 10.6 Å². The van der Waals surface area contributed by atoms with Gasteiger partial charge < -0.3 is 15.4 Å². The van der Waals surface area contributed by atoms with Crippen LogP contribution in [0.15, 0.2) is 18.2 Å². The minimum atomic E-state index is -0.331. The van der Waals surface area contributed by atoms with Crippen molar-refractivity contribution in [2.75, 3.05) is 25.5 Å². The lowest BCUT2D eigenvalue weighted by atomic mass is 10.3. The molecular weight excluding hydrogens is 207 g/mol. The summed E-state index contributed by atoms with van der Waals surface area (Å²) in [7, 11) is 1.46. The number of benzene rings is 1. The summed E-state index contributed by atoms with van der Waals surface area (Å²) in [6.07, 6.45) is 2.58. The fourth-order valence-electron chi connectivity index (χ4n) is 1.55. The lowest BCUT2D eigenvalue weighted by Gasteiger charge is -2.08. The molecule has 0 saturated heterocycles. The van der Waals surface area contributed by atoms with Crippen LogP contribution in [0, 0.1) is 5.82 Å². The van der Waals surface area contributed by atoms with E-state index in [1.807, 2.05) is 6.07 Å². The summed E-state index contributed by atoms with van der Waals surface area (Å²) in [5.41, 5.74) is 0.788. The maximum Gasteiger partial charge on any atom is 0.167 e. The number of ether oxygens (including phenoxy) is 1. The van der Waals surface area contributed by atoms with Crippen molar-refractivity contribution in [3.8, 4) is 5.75 Å². The van der Waals surface area contributed by atoms with Crippen LogP contribution in [-0.2, 0) is 0 Å². The van der Waals surface area contributed by atoms with Gasteiger partial charge in [-0.05, 0) is 25.0 Å². The molecule has 1 aliphatic rings. The topological polar surface area (TPSA) is 33.3 Å². The van der Waals surface area contributed by atoms with Crippen LogP contribution in [0.4, 0.5) is 10.1 Å². The first-order chi connectivity index (χ1) is 7.79. The normalized spacial score (nSPS) is 14.9. The van der Waals surface area contributed by atoms with Gasteiger partial charge in [0.15, 0.2) is 11.6 Å². The minimum absolute atomic E-state index is 0.279. The molecule has 2 rings (SSSR count). The molecule has 2 N–H and O–H groups in total. The van der Waals surface area contributed by atoms with Crippen LogP contribution >= 0.6 is 0 Å². The zero-order valence-electron chi connectivity index (χ0n) is 9.42.